The van der Waals surface area contributed by atoms with Gasteiger partial charge in [-0.05, 0) is 37.1 Å². The van der Waals surface area contributed by atoms with Crippen LogP contribution in [-0.2, 0) is 0 Å². The fraction of sp³-hybridized carbons (Fsp3) is 0.294. The number of carbonyl (C=O) groups excluding carboxylic acids is 2. The highest BCUT2D eigenvalue weighted by Gasteiger charge is 2.11. The summed E-state index contributed by atoms with van der Waals surface area (Å²) in [5.41, 5.74) is 1.63. The number of rotatable bonds is 5. The lowest BCUT2D eigenvalue weighted by Crippen LogP contribution is -2.39. The van der Waals surface area contributed by atoms with Crippen LogP contribution in [0.15, 0.2) is 47.3 Å². The molecule has 23 heavy (non-hydrogen) atoms. The summed E-state index contributed by atoms with van der Waals surface area (Å²) in [6.07, 6.45) is 2.81. The SMILES string of the molecule is CC(C)[C@@H](C)NC(=O)Nc1cccc(NC(=O)c2ccoc2)c1. The minimum Gasteiger partial charge on any atom is -0.472 e. The highest BCUT2D eigenvalue weighted by atomic mass is 16.3. The van der Waals surface area contributed by atoms with Gasteiger partial charge in [0.2, 0.25) is 0 Å². The second kappa shape index (κ2) is 7.49. The number of hydrogen-bond donors (Lipinski definition) is 3. The molecule has 6 nitrogen and oxygen atoms in total. The summed E-state index contributed by atoms with van der Waals surface area (Å²) in [6.45, 7) is 6.03. The Kier molecular flexibility index (Phi) is 5.41. The molecule has 1 aromatic heterocycles. The monoisotopic (exact) mass is 315 g/mol. The van der Waals surface area contributed by atoms with Crippen LogP contribution in [0.2, 0.25) is 0 Å². The number of carbonyl (C=O) groups is 2. The lowest BCUT2D eigenvalue weighted by molar-refractivity contribution is 0.102. The van der Waals surface area contributed by atoms with Crippen LogP contribution >= 0.6 is 0 Å². The molecule has 0 saturated heterocycles. The largest absolute Gasteiger partial charge is 0.472 e. The number of urea groups is 1. The molecule has 0 unspecified atom stereocenters. The van der Waals surface area contributed by atoms with Gasteiger partial charge in [-0.2, -0.15) is 0 Å². The minimum atomic E-state index is -0.274. The Bertz CT molecular complexity index is 665. The van der Waals surface area contributed by atoms with E-state index in [1.165, 1.54) is 12.5 Å². The van der Waals surface area contributed by atoms with Crippen molar-refractivity contribution in [2.45, 2.75) is 26.8 Å². The molecule has 0 aliphatic heterocycles. The van der Waals surface area contributed by atoms with Crippen molar-refractivity contribution in [2.24, 2.45) is 5.92 Å². The summed E-state index contributed by atoms with van der Waals surface area (Å²) in [6, 6.07) is 8.33. The highest BCUT2D eigenvalue weighted by Crippen LogP contribution is 2.16. The molecule has 0 spiro atoms. The van der Waals surface area contributed by atoms with Crippen LogP contribution in [0.25, 0.3) is 0 Å². The second-order valence-corrected chi connectivity index (χ2v) is 5.68. The lowest BCUT2D eigenvalue weighted by atomic mass is 10.1. The Morgan fingerprint density at radius 2 is 1.74 bits per heavy atom. The molecule has 0 aliphatic rings. The molecule has 0 bridgehead atoms. The van der Waals surface area contributed by atoms with E-state index in [1.807, 2.05) is 20.8 Å². The fourth-order valence-corrected chi connectivity index (χ4v) is 1.81. The second-order valence-electron chi connectivity index (χ2n) is 5.68. The minimum absolute atomic E-state index is 0.0685. The number of furan rings is 1. The van der Waals surface area contributed by atoms with Crippen molar-refractivity contribution in [1.29, 1.82) is 0 Å². The third kappa shape index (κ3) is 4.88. The standard InChI is InChI=1S/C17H21N3O3/c1-11(2)12(3)18-17(22)20-15-6-4-5-14(9-15)19-16(21)13-7-8-23-10-13/h4-12H,1-3H3,(H,19,21)(H2,18,20,22)/t12-/m1/s1. The Labute approximate surface area is 135 Å². The van der Waals surface area contributed by atoms with Crippen LogP contribution in [0.5, 0.6) is 0 Å². The van der Waals surface area contributed by atoms with E-state index in [2.05, 4.69) is 16.0 Å². The number of amides is 3. The molecule has 1 aromatic carbocycles. The quantitative estimate of drug-likeness (QED) is 0.786. The van der Waals surface area contributed by atoms with Crippen LogP contribution in [0.4, 0.5) is 16.2 Å². The normalized spacial score (nSPS) is 11.8. The van der Waals surface area contributed by atoms with Crippen LogP contribution in [0, 0.1) is 5.92 Å². The van der Waals surface area contributed by atoms with E-state index in [4.69, 9.17) is 4.42 Å². The van der Waals surface area contributed by atoms with E-state index in [0.29, 0.717) is 22.9 Å². The van der Waals surface area contributed by atoms with Gasteiger partial charge in [-0.15, -0.1) is 0 Å². The van der Waals surface area contributed by atoms with Crippen LogP contribution in [0.3, 0.4) is 0 Å². The molecule has 122 valence electrons. The average Bonchev–Trinajstić information content (AvgIpc) is 3.01. The average molecular weight is 315 g/mol. The molecular formula is C17H21N3O3. The van der Waals surface area contributed by atoms with Gasteiger partial charge in [0.15, 0.2) is 0 Å². The van der Waals surface area contributed by atoms with E-state index in [0.717, 1.165) is 0 Å². The molecule has 0 saturated carbocycles. The Hall–Kier alpha value is -2.76. The molecule has 2 aromatic rings. The Morgan fingerprint density at radius 3 is 2.35 bits per heavy atom. The Balaban J connectivity index is 1.97. The first-order valence-electron chi connectivity index (χ1n) is 7.47. The summed E-state index contributed by atoms with van der Waals surface area (Å²) in [4.78, 5) is 23.9. The molecule has 0 aliphatic carbocycles. The molecule has 0 radical (unpaired) electrons. The van der Waals surface area contributed by atoms with Crippen molar-refractivity contribution < 1.29 is 14.0 Å². The third-order valence-electron chi connectivity index (χ3n) is 3.52. The van der Waals surface area contributed by atoms with Crippen molar-refractivity contribution >= 4 is 23.3 Å². The van der Waals surface area contributed by atoms with E-state index < -0.39 is 0 Å². The first-order valence-corrected chi connectivity index (χ1v) is 7.47. The van der Waals surface area contributed by atoms with E-state index in [1.54, 1.807) is 30.3 Å². The molecular weight excluding hydrogens is 294 g/mol. The van der Waals surface area contributed by atoms with Gasteiger partial charge in [0.1, 0.15) is 6.26 Å². The molecule has 2 rings (SSSR count). The first-order chi connectivity index (χ1) is 11.0. The van der Waals surface area contributed by atoms with E-state index in [-0.39, 0.29) is 18.0 Å². The van der Waals surface area contributed by atoms with Crippen molar-refractivity contribution in [1.82, 2.24) is 5.32 Å². The van der Waals surface area contributed by atoms with Gasteiger partial charge in [0.05, 0.1) is 11.8 Å². The summed E-state index contributed by atoms with van der Waals surface area (Å²) in [5.74, 6) is 0.0788. The fourth-order valence-electron chi connectivity index (χ4n) is 1.81. The summed E-state index contributed by atoms with van der Waals surface area (Å²) < 4.78 is 4.88. The summed E-state index contributed by atoms with van der Waals surface area (Å²) in [5, 5.41) is 8.36. The van der Waals surface area contributed by atoms with Gasteiger partial charge in [0.25, 0.3) is 5.91 Å². The number of nitrogens with one attached hydrogen (secondary N) is 3. The number of hydrogen-bond acceptors (Lipinski definition) is 3. The number of anilines is 2. The van der Waals surface area contributed by atoms with E-state index in [9.17, 15) is 9.59 Å². The maximum absolute atomic E-state index is 12.0. The van der Waals surface area contributed by atoms with Crippen molar-refractivity contribution in [3.63, 3.8) is 0 Å². The first kappa shape index (κ1) is 16.6. The Morgan fingerprint density at radius 1 is 1.04 bits per heavy atom. The van der Waals surface area contributed by atoms with Crippen molar-refractivity contribution in [2.75, 3.05) is 10.6 Å². The number of benzene rings is 1. The summed E-state index contributed by atoms with van der Waals surface area (Å²) in [7, 11) is 0. The predicted octanol–water partition coefficient (Wildman–Crippen LogP) is 3.70. The third-order valence-corrected chi connectivity index (χ3v) is 3.52. The van der Waals surface area contributed by atoms with Gasteiger partial charge in [0, 0.05) is 17.4 Å². The smallest absolute Gasteiger partial charge is 0.319 e. The molecule has 3 N–H and O–H groups in total. The van der Waals surface area contributed by atoms with Gasteiger partial charge in [-0.25, -0.2) is 4.79 Å². The van der Waals surface area contributed by atoms with Crippen molar-refractivity contribution in [3.8, 4) is 0 Å². The van der Waals surface area contributed by atoms with Gasteiger partial charge in [-0.3, -0.25) is 4.79 Å². The van der Waals surface area contributed by atoms with Crippen LogP contribution in [0.1, 0.15) is 31.1 Å². The van der Waals surface area contributed by atoms with Gasteiger partial charge in [-0.1, -0.05) is 19.9 Å². The van der Waals surface area contributed by atoms with Gasteiger partial charge >= 0.3 is 6.03 Å². The van der Waals surface area contributed by atoms with Crippen molar-refractivity contribution in [3.05, 3.63) is 48.4 Å². The molecule has 1 heterocycles. The van der Waals surface area contributed by atoms with Crippen LogP contribution in [-0.4, -0.2) is 18.0 Å². The zero-order chi connectivity index (χ0) is 16.8. The van der Waals surface area contributed by atoms with E-state index >= 15 is 0 Å². The molecule has 3 amide bonds. The van der Waals surface area contributed by atoms with Gasteiger partial charge < -0.3 is 20.4 Å². The predicted molar refractivity (Wildman–Crippen MR) is 89.6 cm³/mol. The molecule has 6 heteroatoms. The summed E-state index contributed by atoms with van der Waals surface area (Å²) >= 11 is 0. The molecule has 1 atom stereocenters. The zero-order valence-electron chi connectivity index (χ0n) is 13.4. The highest BCUT2D eigenvalue weighted by molar-refractivity contribution is 6.04. The zero-order valence-corrected chi connectivity index (χ0v) is 13.4. The molecule has 0 fully saturated rings. The van der Waals surface area contributed by atoms with Crippen LogP contribution < -0.4 is 16.0 Å². The maximum Gasteiger partial charge on any atom is 0.319 e. The maximum atomic E-state index is 12.0. The topological polar surface area (TPSA) is 83.4 Å². The lowest BCUT2D eigenvalue weighted by Gasteiger charge is -2.18.